The first-order chi connectivity index (χ1) is 15.9. The summed E-state index contributed by atoms with van der Waals surface area (Å²) in [5.41, 5.74) is 1.57. The summed E-state index contributed by atoms with van der Waals surface area (Å²) >= 11 is 6.43. The van der Waals surface area contributed by atoms with Crippen LogP contribution in [0, 0.1) is 0 Å². The summed E-state index contributed by atoms with van der Waals surface area (Å²) in [5, 5.41) is 25.0. The van der Waals surface area contributed by atoms with Gasteiger partial charge in [-0.2, -0.15) is 0 Å². The van der Waals surface area contributed by atoms with Gasteiger partial charge in [0, 0.05) is 24.0 Å². The van der Waals surface area contributed by atoms with E-state index in [1.54, 1.807) is 13.8 Å². The van der Waals surface area contributed by atoms with E-state index in [4.69, 9.17) is 21.2 Å². The Morgan fingerprint density at radius 2 is 1.82 bits per heavy atom. The van der Waals surface area contributed by atoms with Crippen molar-refractivity contribution in [2.45, 2.75) is 51.7 Å². The van der Waals surface area contributed by atoms with Gasteiger partial charge in [-0.15, -0.1) is 0 Å². The number of fused-ring (bicyclic) bond motifs is 1. The fourth-order valence-electron chi connectivity index (χ4n) is 3.52. The lowest BCUT2D eigenvalue weighted by molar-refractivity contribution is 0.0343. The molecule has 33 heavy (non-hydrogen) atoms. The van der Waals surface area contributed by atoms with Crippen LogP contribution in [0.15, 0.2) is 65.9 Å². The summed E-state index contributed by atoms with van der Waals surface area (Å²) in [6.45, 7) is 3.82. The second-order valence-corrected chi connectivity index (χ2v) is 8.30. The zero-order valence-electron chi connectivity index (χ0n) is 18.7. The Bertz CT molecular complexity index is 1060. The van der Waals surface area contributed by atoms with E-state index in [0.29, 0.717) is 12.1 Å². The molecule has 1 heterocycles. The number of ether oxygens (including phenoxy) is 1. The van der Waals surface area contributed by atoms with Crippen molar-refractivity contribution >= 4 is 23.3 Å². The van der Waals surface area contributed by atoms with Gasteiger partial charge in [0.15, 0.2) is 0 Å². The van der Waals surface area contributed by atoms with Crippen molar-refractivity contribution in [3.63, 3.8) is 0 Å². The molecule has 0 spiro atoms. The molecule has 0 saturated heterocycles. The number of benzene rings is 2. The highest BCUT2D eigenvalue weighted by Gasteiger charge is 2.29. The highest BCUT2D eigenvalue weighted by molar-refractivity contribution is 6.34. The molecule has 174 valence electrons. The van der Waals surface area contributed by atoms with Gasteiger partial charge in [-0.05, 0) is 31.4 Å². The topological polar surface area (TPSA) is 88.4 Å². The van der Waals surface area contributed by atoms with Crippen molar-refractivity contribution in [1.82, 2.24) is 0 Å². The number of esters is 1. The third kappa shape index (κ3) is 6.39. The molecule has 0 unspecified atom stereocenters. The van der Waals surface area contributed by atoms with E-state index < -0.39 is 23.7 Å². The standard InChI is InChI=1S/C26H28ClNO5/c1-17-11-7-4-3-5-10-14-20(28-32-16-19-12-8-6-9-13-19)18(2)23-24(26(31)33-17)21(29)15-22(30)25(23)27/h4,6-10,12-15,17-18,29-30H,3,5,11,16H2,1-2H3/b7-4+,14-10+,28-20+/t17-,18-/m1/s1. The lowest BCUT2D eigenvalue weighted by Crippen LogP contribution is -2.19. The number of rotatable bonds is 3. The number of hydrogen-bond donors (Lipinski definition) is 2. The SMILES string of the molecule is C[C@@H]1C/C=C/CC/C=C/C(=N\OCc2ccccc2)[C@@H](C)c2c(Cl)c(O)cc(O)c2C(=O)O1. The molecule has 0 bridgehead atoms. The van der Waals surface area contributed by atoms with Gasteiger partial charge in [0.25, 0.3) is 0 Å². The van der Waals surface area contributed by atoms with Gasteiger partial charge in [-0.3, -0.25) is 0 Å². The minimum Gasteiger partial charge on any atom is -0.507 e. The normalized spacial score (nSPS) is 22.6. The number of halogens is 1. The second-order valence-electron chi connectivity index (χ2n) is 7.92. The van der Waals surface area contributed by atoms with Crippen LogP contribution in [0.25, 0.3) is 0 Å². The van der Waals surface area contributed by atoms with Gasteiger partial charge in [-0.25, -0.2) is 4.79 Å². The third-order valence-corrected chi connectivity index (χ3v) is 5.71. The maximum atomic E-state index is 13.0. The van der Waals surface area contributed by atoms with Gasteiger partial charge >= 0.3 is 5.97 Å². The number of phenols is 2. The predicted octanol–water partition coefficient (Wildman–Crippen LogP) is 6.27. The van der Waals surface area contributed by atoms with Gasteiger partial charge in [0.2, 0.25) is 0 Å². The molecule has 7 heteroatoms. The maximum absolute atomic E-state index is 13.0. The molecule has 0 aromatic heterocycles. The molecule has 0 amide bonds. The molecular formula is C26H28ClNO5. The van der Waals surface area contributed by atoms with Crippen LogP contribution in [-0.4, -0.2) is 28.0 Å². The zero-order valence-corrected chi connectivity index (χ0v) is 19.5. The molecule has 2 aromatic carbocycles. The molecule has 2 N–H and O–H groups in total. The summed E-state index contributed by atoms with van der Waals surface area (Å²) < 4.78 is 5.54. The average Bonchev–Trinajstić information content (AvgIpc) is 2.79. The van der Waals surface area contributed by atoms with Crippen LogP contribution in [0.2, 0.25) is 5.02 Å². The highest BCUT2D eigenvalue weighted by Crippen LogP contribution is 2.41. The number of cyclic esters (lactones) is 1. The number of allylic oxidation sites excluding steroid dienone is 3. The van der Waals surface area contributed by atoms with Crippen LogP contribution in [-0.2, 0) is 16.2 Å². The largest absolute Gasteiger partial charge is 0.507 e. The minimum atomic E-state index is -0.720. The number of carbonyl (C=O) groups is 1. The predicted molar refractivity (Wildman–Crippen MR) is 129 cm³/mol. The quantitative estimate of drug-likeness (QED) is 0.314. The second kappa shape index (κ2) is 11.6. The fourth-order valence-corrected chi connectivity index (χ4v) is 3.83. The van der Waals surface area contributed by atoms with Gasteiger partial charge < -0.3 is 19.8 Å². The summed E-state index contributed by atoms with van der Waals surface area (Å²) in [4.78, 5) is 18.6. The Hall–Kier alpha value is -3.25. The van der Waals surface area contributed by atoms with E-state index >= 15 is 0 Å². The van der Waals surface area contributed by atoms with E-state index in [2.05, 4.69) is 5.16 Å². The van der Waals surface area contributed by atoms with Crippen LogP contribution < -0.4 is 0 Å². The third-order valence-electron chi connectivity index (χ3n) is 5.32. The molecule has 0 radical (unpaired) electrons. The average molecular weight is 470 g/mol. The number of aromatic hydroxyl groups is 2. The highest BCUT2D eigenvalue weighted by atomic mass is 35.5. The molecule has 2 atom stereocenters. The molecule has 0 saturated carbocycles. The molecule has 3 rings (SSSR count). The van der Waals surface area contributed by atoms with E-state index in [1.165, 1.54) is 0 Å². The smallest absolute Gasteiger partial charge is 0.342 e. The van der Waals surface area contributed by atoms with Gasteiger partial charge in [0.1, 0.15) is 29.8 Å². The van der Waals surface area contributed by atoms with Crippen molar-refractivity contribution in [3.05, 3.63) is 82.4 Å². The van der Waals surface area contributed by atoms with Crippen LogP contribution >= 0.6 is 11.6 Å². The van der Waals surface area contributed by atoms with Gasteiger partial charge in [0.05, 0.1) is 10.7 Å². The van der Waals surface area contributed by atoms with Crippen LogP contribution in [0.1, 0.15) is 60.5 Å². The lowest BCUT2D eigenvalue weighted by atomic mass is 9.90. The first-order valence-corrected chi connectivity index (χ1v) is 11.3. The maximum Gasteiger partial charge on any atom is 0.342 e. The zero-order chi connectivity index (χ0) is 23.8. The summed E-state index contributed by atoms with van der Waals surface area (Å²) in [6, 6.07) is 10.7. The molecular weight excluding hydrogens is 442 g/mol. The van der Waals surface area contributed by atoms with E-state index in [9.17, 15) is 15.0 Å². The Morgan fingerprint density at radius 3 is 2.58 bits per heavy atom. The van der Waals surface area contributed by atoms with Crippen molar-refractivity contribution < 1.29 is 24.6 Å². The monoisotopic (exact) mass is 469 g/mol. The lowest BCUT2D eigenvalue weighted by Gasteiger charge is -2.21. The number of phenolic OH excluding ortho intramolecular Hbond substituents is 2. The fraction of sp³-hybridized carbons (Fsp3) is 0.308. The molecule has 6 nitrogen and oxygen atoms in total. The number of oxime groups is 1. The Balaban J connectivity index is 2.04. The van der Waals surface area contributed by atoms with Crippen LogP contribution in [0.3, 0.4) is 0 Å². The van der Waals surface area contributed by atoms with Crippen LogP contribution in [0.5, 0.6) is 11.5 Å². The summed E-state index contributed by atoms with van der Waals surface area (Å²) in [5.74, 6) is -2.05. The minimum absolute atomic E-state index is 0.0453. The molecule has 2 aromatic rings. The van der Waals surface area contributed by atoms with E-state index in [0.717, 1.165) is 24.5 Å². The number of hydrogen-bond acceptors (Lipinski definition) is 6. The molecule has 0 aliphatic carbocycles. The number of carbonyl (C=O) groups excluding carboxylic acids is 1. The van der Waals surface area contributed by atoms with Crippen LogP contribution in [0.4, 0.5) is 0 Å². The van der Waals surface area contributed by atoms with E-state index in [1.807, 2.05) is 54.6 Å². The molecule has 1 aliphatic rings. The number of nitrogens with zero attached hydrogens (tertiary/aromatic N) is 1. The van der Waals surface area contributed by atoms with Crippen molar-refractivity contribution in [2.24, 2.45) is 5.16 Å². The molecule has 0 fully saturated rings. The van der Waals surface area contributed by atoms with E-state index in [-0.39, 0.29) is 28.5 Å². The van der Waals surface area contributed by atoms with Crippen molar-refractivity contribution in [3.8, 4) is 11.5 Å². The first kappa shape index (κ1) is 24.4. The van der Waals surface area contributed by atoms with Crippen molar-refractivity contribution in [1.29, 1.82) is 0 Å². The van der Waals surface area contributed by atoms with Crippen molar-refractivity contribution in [2.75, 3.05) is 0 Å². The Labute approximate surface area is 198 Å². The Kier molecular flexibility index (Phi) is 8.55. The van der Waals surface area contributed by atoms with Gasteiger partial charge in [-0.1, -0.05) is 72.2 Å². The molecule has 1 aliphatic heterocycles. The summed E-state index contributed by atoms with van der Waals surface area (Å²) in [6.07, 6.45) is 9.52. The Morgan fingerprint density at radius 1 is 1.09 bits per heavy atom. The first-order valence-electron chi connectivity index (χ1n) is 10.9. The summed E-state index contributed by atoms with van der Waals surface area (Å²) in [7, 11) is 0.